The number of hydrogen-bond donors (Lipinski definition) is 0. The van der Waals surface area contributed by atoms with Crippen LogP contribution < -0.4 is 9.47 Å². The molecule has 0 amide bonds. The van der Waals surface area contributed by atoms with Gasteiger partial charge in [-0.15, -0.1) is 0 Å². The topological polar surface area (TPSA) is 48.4 Å². The molecule has 2 aromatic carbocycles. The van der Waals surface area contributed by atoms with E-state index in [0.717, 1.165) is 6.29 Å². The van der Waals surface area contributed by atoms with E-state index in [0.29, 0.717) is 28.3 Å². The molecule has 1 unspecified atom stereocenters. The van der Waals surface area contributed by atoms with Crippen LogP contribution in [0, 0.1) is 5.82 Å². The Bertz CT molecular complexity index is 833. The molecule has 3 rings (SSSR count). The standard InChI is InChI=1S/C18H14FNO3/c1-12(11-21)22-15-4-6-16(7-5-15)23-18-9-2-13-10-14(19)3-8-17(13)20-18/h2-12H,1H3. The number of benzene rings is 2. The highest BCUT2D eigenvalue weighted by molar-refractivity contribution is 5.79. The second-order valence-corrected chi connectivity index (χ2v) is 5.02. The van der Waals surface area contributed by atoms with Crippen LogP contribution in [0.2, 0.25) is 0 Å². The summed E-state index contributed by atoms with van der Waals surface area (Å²) in [5.41, 5.74) is 0.656. The minimum Gasteiger partial charge on any atom is -0.483 e. The van der Waals surface area contributed by atoms with Gasteiger partial charge in [-0.3, -0.25) is 4.79 Å². The van der Waals surface area contributed by atoms with Crippen LogP contribution in [0.4, 0.5) is 4.39 Å². The Morgan fingerprint density at radius 3 is 2.52 bits per heavy atom. The van der Waals surface area contributed by atoms with E-state index in [1.165, 1.54) is 12.1 Å². The first-order chi connectivity index (χ1) is 11.1. The molecule has 0 aliphatic carbocycles. The first-order valence-electron chi connectivity index (χ1n) is 7.10. The molecule has 116 valence electrons. The predicted molar refractivity (Wildman–Crippen MR) is 84.4 cm³/mol. The number of aromatic nitrogens is 1. The Kier molecular flexibility index (Phi) is 4.19. The molecule has 0 bridgehead atoms. The molecule has 1 heterocycles. The van der Waals surface area contributed by atoms with Gasteiger partial charge in [0, 0.05) is 11.5 Å². The number of ether oxygens (including phenoxy) is 2. The Morgan fingerprint density at radius 1 is 1.04 bits per heavy atom. The summed E-state index contributed by atoms with van der Waals surface area (Å²) in [5, 5.41) is 0.712. The van der Waals surface area contributed by atoms with Crippen molar-refractivity contribution in [1.29, 1.82) is 0 Å². The van der Waals surface area contributed by atoms with Gasteiger partial charge in [0.25, 0.3) is 0 Å². The van der Waals surface area contributed by atoms with Crippen LogP contribution in [-0.4, -0.2) is 17.4 Å². The number of rotatable bonds is 5. The maximum atomic E-state index is 13.1. The summed E-state index contributed by atoms with van der Waals surface area (Å²) < 4.78 is 24.2. The fourth-order valence-electron chi connectivity index (χ4n) is 2.08. The molecule has 1 aromatic heterocycles. The summed E-state index contributed by atoms with van der Waals surface area (Å²) in [7, 11) is 0. The van der Waals surface area contributed by atoms with Gasteiger partial charge in [0.2, 0.25) is 5.88 Å². The lowest BCUT2D eigenvalue weighted by Crippen LogP contribution is -2.12. The van der Waals surface area contributed by atoms with Crippen LogP contribution in [0.15, 0.2) is 54.6 Å². The lowest BCUT2D eigenvalue weighted by molar-refractivity contribution is -0.113. The number of pyridine rings is 1. The number of halogens is 1. The summed E-state index contributed by atoms with van der Waals surface area (Å²) in [6.45, 7) is 1.67. The average Bonchev–Trinajstić information content (AvgIpc) is 2.56. The van der Waals surface area contributed by atoms with Crippen molar-refractivity contribution in [3.8, 4) is 17.4 Å². The number of hydrogen-bond acceptors (Lipinski definition) is 4. The molecule has 3 aromatic rings. The highest BCUT2D eigenvalue weighted by atomic mass is 19.1. The molecule has 0 saturated carbocycles. The van der Waals surface area contributed by atoms with Crippen LogP contribution >= 0.6 is 0 Å². The second kappa shape index (κ2) is 6.44. The molecule has 23 heavy (non-hydrogen) atoms. The Labute approximate surface area is 132 Å². The molecule has 0 spiro atoms. The molecule has 0 N–H and O–H groups in total. The van der Waals surface area contributed by atoms with Crippen molar-refractivity contribution < 1.29 is 18.7 Å². The molecule has 0 fully saturated rings. The maximum absolute atomic E-state index is 13.1. The smallest absolute Gasteiger partial charge is 0.219 e. The van der Waals surface area contributed by atoms with Gasteiger partial charge in [0.05, 0.1) is 5.52 Å². The van der Waals surface area contributed by atoms with Gasteiger partial charge in [-0.1, -0.05) is 0 Å². The number of carbonyl (C=O) groups is 1. The van der Waals surface area contributed by atoms with E-state index in [9.17, 15) is 9.18 Å². The number of fused-ring (bicyclic) bond motifs is 1. The lowest BCUT2D eigenvalue weighted by atomic mass is 10.2. The molecular formula is C18H14FNO3. The van der Waals surface area contributed by atoms with Gasteiger partial charge in [0.15, 0.2) is 12.4 Å². The molecule has 1 atom stereocenters. The molecule has 0 aliphatic rings. The molecule has 0 radical (unpaired) electrons. The van der Waals surface area contributed by atoms with Crippen molar-refractivity contribution in [1.82, 2.24) is 4.98 Å². The zero-order chi connectivity index (χ0) is 16.2. The van der Waals surface area contributed by atoms with Crippen molar-refractivity contribution in [2.24, 2.45) is 0 Å². The summed E-state index contributed by atoms with van der Waals surface area (Å²) in [6.07, 6.45) is 0.232. The van der Waals surface area contributed by atoms with Gasteiger partial charge in [0.1, 0.15) is 17.3 Å². The zero-order valence-corrected chi connectivity index (χ0v) is 12.4. The number of aldehydes is 1. The van der Waals surface area contributed by atoms with Gasteiger partial charge < -0.3 is 9.47 Å². The van der Waals surface area contributed by atoms with E-state index >= 15 is 0 Å². The van der Waals surface area contributed by atoms with E-state index in [1.807, 2.05) is 0 Å². The number of carbonyl (C=O) groups excluding carboxylic acids is 1. The first kappa shape index (κ1) is 15.0. The summed E-state index contributed by atoms with van der Waals surface area (Å²) in [6, 6.07) is 14.7. The molecule has 0 saturated heterocycles. The lowest BCUT2D eigenvalue weighted by Gasteiger charge is -2.10. The van der Waals surface area contributed by atoms with Crippen molar-refractivity contribution in [2.75, 3.05) is 0 Å². The molecular weight excluding hydrogens is 297 g/mol. The van der Waals surface area contributed by atoms with E-state index in [2.05, 4.69) is 4.98 Å². The van der Waals surface area contributed by atoms with Crippen LogP contribution in [-0.2, 0) is 4.79 Å². The van der Waals surface area contributed by atoms with Crippen molar-refractivity contribution in [3.05, 3.63) is 60.4 Å². The summed E-state index contributed by atoms with van der Waals surface area (Å²) in [5.74, 6) is 1.29. The Balaban J connectivity index is 1.76. The van der Waals surface area contributed by atoms with Crippen molar-refractivity contribution in [2.45, 2.75) is 13.0 Å². The van der Waals surface area contributed by atoms with Gasteiger partial charge >= 0.3 is 0 Å². The number of nitrogens with zero attached hydrogens (tertiary/aromatic N) is 1. The van der Waals surface area contributed by atoms with E-state index < -0.39 is 6.10 Å². The van der Waals surface area contributed by atoms with Crippen molar-refractivity contribution in [3.63, 3.8) is 0 Å². The fourth-order valence-corrected chi connectivity index (χ4v) is 2.08. The Morgan fingerprint density at radius 2 is 1.78 bits per heavy atom. The minimum absolute atomic E-state index is 0.298. The fraction of sp³-hybridized carbons (Fsp3) is 0.111. The van der Waals surface area contributed by atoms with Gasteiger partial charge in [-0.25, -0.2) is 9.37 Å². The van der Waals surface area contributed by atoms with Crippen LogP contribution in [0.3, 0.4) is 0 Å². The normalized spacial score (nSPS) is 11.9. The Hall–Kier alpha value is -2.95. The molecule has 5 heteroatoms. The average molecular weight is 311 g/mol. The van der Waals surface area contributed by atoms with Gasteiger partial charge in [-0.2, -0.15) is 0 Å². The van der Waals surface area contributed by atoms with E-state index in [4.69, 9.17) is 9.47 Å². The van der Waals surface area contributed by atoms with Gasteiger partial charge in [-0.05, 0) is 55.5 Å². The van der Waals surface area contributed by atoms with Crippen LogP contribution in [0.25, 0.3) is 10.9 Å². The van der Waals surface area contributed by atoms with Crippen LogP contribution in [0.1, 0.15) is 6.92 Å². The van der Waals surface area contributed by atoms with E-state index in [-0.39, 0.29) is 5.82 Å². The third-order valence-electron chi connectivity index (χ3n) is 3.19. The highest BCUT2D eigenvalue weighted by Crippen LogP contribution is 2.25. The third-order valence-corrected chi connectivity index (χ3v) is 3.19. The predicted octanol–water partition coefficient (Wildman–Crippen LogP) is 4.13. The second-order valence-electron chi connectivity index (χ2n) is 5.02. The zero-order valence-electron chi connectivity index (χ0n) is 12.4. The highest BCUT2D eigenvalue weighted by Gasteiger charge is 2.04. The first-order valence-corrected chi connectivity index (χ1v) is 7.10. The summed E-state index contributed by atoms with van der Waals surface area (Å²) >= 11 is 0. The monoisotopic (exact) mass is 311 g/mol. The van der Waals surface area contributed by atoms with Crippen molar-refractivity contribution >= 4 is 17.2 Å². The quantitative estimate of drug-likeness (QED) is 0.665. The SMILES string of the molecule is CC(C=O)Oc1ccc(Oc2ccc3cc(F)ccc3n2)cc1. The van der Waals surface area contributed by atoms with Crippen LogP contribution in [0.5, 0.6) is 17.4 Å². The summed E-state index contributed by atoms with van der Waals surface area (Å²) in [4.78, 5) is 14.9. The molecule has 4 nitrogen and oxygen atoms in total. The van der Waals surface area contributed by atoms with E-state index in [1.54, 1.807) is 49.4 Å². The largest absolute Gasteiger partial charge is 0.483 e. The third kappa shape index (κ3) is 3.63. The minimum atomic E-state index is -0.496. The maximum Gasteiger partial charge on any atom is 0.219 e. The molecule has 0 aliphatic heterocycles.